The van der Waals surface area contributed by atoms with Crippen LogP contribution in [0.1, 0.15) is 65.2 Å². The second-order valence-corrected chi connectivity index (χ2v) is 6.79. The lowest BCUT2D eigenvalue weighted by Gasteiger charge is -2.52. The molecular weight excluding hydrogens is 222 g/mol. The molecule has 2 aliphatic carbocycles. The van der Waals surface area contributed by atoms with Crippen LogP contribution in [0.2, 0.25) is 0 Å². The Balaban J connectivity index is 1.54. The van der Waals surface area contributed by atoms with Gasteiger partial charge in [-0.05, 0) is 50.0 Å². The molecule has 2 fully saturated rings. The zero-order chi connectivity index (χ0) is 12.8. The molecule has 0 radical (unpaired) electrons. The van der Waals surface area contributed by atoms with E-state index < -0.39 is 0 Å². The lowest BCUT2D eigenvalue weighted by molar-refractivity contribution is 0.0213. The first-order chi connectivity index (χ1) is 8.73. The molecule has 0 aliphatic heterocycles. The first-order valence-electron chi connectivity index (χ1n) is 8.04. The number of ether oxygens (including phenoxy) is 1. The quantitative estimate of drug-likeness (QED) is 0.698. The molecule has 2 rings (SSSR count). The Bertz CT molecular complexity index is 233. The van der Waals surface area contributed by atoms with Crippen molar-refractivity contribution >= 4 is 0 Å². The topological polar surface area (TPSA) is 21.3 Å². The van der Waals surface area contributed by atoms with Gasteiger partial charge in [0.05, 0.1) is 0 Å². The Hall–Kier alpha value is -0.0800. The van der Waals surface area contributed by atoms with E-state index in [-0.39, 0.29) is 0 Å². The van der Waals surface area contributed by atoms with Crippen LogP contribution in [0.3, 0.4) is 0 Å². The summed E-state index contributed by atoms with van der Waals surface area (Å²) < 4.78 is 5.63. The van der Waals surface area contributed by atoms with Gasteiger partial charge in [-0.15, -0.1) is 0 Å². The van der Waals surface area contributed by atoms with E-state index in [2.05, 4.69) is 19.2 Å². The van der Waals surface area contributed by atoms with E-state index in [9.17, 15) is 0 Å². The predicted molar refractivity (Wildman–Crippen MR) is 76.8 cm³/mol. The van der Waals surface area contributed by atoms with Crippen LogP contribution in [-0.2, 0) is 4.74 Å². The van der Waals surface area contributed by atoms with E-state index in [0.29, 0.717) is 11.3 Å². The van der Waals surface area contributed by atoms with Crippen LogP contribution in [-0.4, -0.2) is 25.8 Å². The third-order valence-corrected chi connectivity index (χ3v) is 4.83. The van der Waals surface area contributed by atoms with Crippen molar-refractivity contribution in [3.8, 4) is 0 Å². The summed E-state index contributed by atoms with van der Waals surface area (Å²) in [5.74, 6) is 0.662. The maximum Gasteiger partial charge on any atom is 0.0489 e. The molecule has 1 unspecified atom stereocenters. The van der Waals surface area contributed by atoms with Gasteiger partial charge in [0, 0.05) is 19.3 Å². The van der Waals surface area contributed by atoms with Crippen molar-refractivity contribution in [1.82, 2.24) is 5.32 Å². The first-order valence-corrected chi connectivity index (χ1v) is 8.04. The molecule has 0 saturated heterocycles. The summed E-state index contributed by atoms with van der Waals surface area (Å²) in [5.41, 5.74) is 0.705. The average Bonchev–Trinajstić information content (AvgIpc) is 2.37. The fourth-order valence-corrected chi connectivity index (χ4v) is 3.64. The van der Waals surface area contributed by atoms with Crippen LogP contribution in [0.5, 0.6) is 0 Å². The molecule has 2 aliphatic rings. The molecule has 106 valence electrons. The minimum Gasteiger partial charge on any atom is -0.381 e. The Kier molecular flexibility index (Phi) is 5.50. The molecule has 2 nitrogen and oxygen atoms in total. The Labute approximate surface area is 113 Å². The number of rotatable bonds is 7. The molecule has 18 heavy (non-hydrogen) atoms. The van der Waals surface area contributed by atoms with Gasteiger partial charge in [-0.25, -0.2) is 0 Å². The summed E-state index contributed by atoms with van der Waals surface area (Å²) in [6.45, 7) is 7.39. The second-order valence-electron chi connectivity index (χ2n) is 6.79. The largest absolute Gasteiger partial charge is 0.381 e. The van der Waals surface area contributed by atoms with Crippen LogP contribution in [0, 0.1) is 11.3 Å². The van der Waals surface area contributed by atoms with Gasteiger partial charge in [-0.2, -0.15) is 0 Å². The van der Waals surface area contributed by atoms with Crippen LogP contribution < -0.4 is 5.32 Å². The highest BCUT2D eigenvalue weighted by Crippen LogP contribution is 2.51. The molecule has 2 heteroatoms. The van der Waals surface area contributed by atoms with E-state index in [4.69, 9.17) is 4.74 Å². The summed E-state index contributed by atoms with van der Waals surface area (Å²) in [7, 11) is 0. The van der Waals surface area contributed by atoms with Crippen LogP contribution in [0.15, 0.2) is 0 Å². The summed E-state index contributed by atoms with van der Waals surface area (Å²) in [6.07, 6.45) is 11.4. The van der Waals surface area contributed by atoms with Crippen molar-refractivity contribution in [2.24, 2.45) is 11.3 Å². The minimum atomic E-state index is 0.662. The van der Waals surface area contributed by atoms with Gasteiger partial charge in [0.15, 0.2) is 0 Å². The summed E-state index contributed by atoms with van der Waals surface area (Å²) in [4.78, 5) is 0. The Morgan fingerprint density at radius 3 is 2.56 bits per heavy atom. The van der Waals surface area contributed by atoms with Crippen molar-refractivity contribution in [1.29, 1.82) is 0 Å². The van der Waals surface area contributed by atoms with Crippen molar-refractivity contribution in [2.45, 2.75) is 71.3 Å². The van der Waals surface area contributed by atoms with Crippen LogP contribution in [0.25, 0.3) is 0 Å². The first kappa shape index (κ1) is 14.3. The van der Waals surface area contributed by atoms with Gasteiger partial charge in [-0.3, -0.25) is 0 Å². The molecule has 1 atom stereocenters. The van der Waals surface area contributed by atoms with E-state index in [1.54, 1.807) is 0 Å². The summed E-state index contributed by atoms with van der Waals surface area (Å²) in [5, 5.41) is 3.79. The highest BCUT2D eigenvalue weighted by Gasteiger charge is 2.46. The summed E-state index contributed by atoms with van der Waals surface area (Å²) >= 11 is 0. The maximum atomic E-state index is 5.63. The van der Waals surface area contributed by atoms with E-state index >= 15 is 0 Å². The average molecular weight is 253 g/mol. The number of hydrogen-bond acceptors (Lipinski definition) is 2. The fraction of sp³-hybridized carbons (Fsp3) is 1.00. The van der Waals surface area contributed by atoms with Gasteiger partial charge in [-0.1, -0.05) is 33.1 Å². The number of nitrogens with one attached hydrogen (secondary N) is 1. The third kappa shape index (κ3) is 3.71. The standard InChI is InChI=1S/C16H31NO/c1-14(2)13-18-12-6-11-17-15-7-10-16(15)8-4-3-5-9-16/h14-15,17H,3-13H2,1-2H3. The van der Waals surface area contributed by atoms with Crippen molar-refractivity contribution in [3.05, 3.63) is 0 Å². The molecule has 1 N–H and O–H groups in total. The monoisotopic (exact) mass is 253 g/mol. The SMILES string of the molecule is CC(C)COCCCNC1CCC12CCCCC2. The van der Waals surface area contributed by atoms with E-state index in [1.807, 2.05) is 0 Å². The zero-order valence-corrected chi connectivity index (χ0v) is 12.3. The minimum absolute atomic E-state index is 0.662. The van der Waals surface area contributed by atoms with Gasteiger partial charge >= 0.3 is 0 Å². The second kappa shape index (κ2) is 6.91. The lowest BCUT2D eigenvalue weighted by Crippen LogP contribution is -2.54. The molecule has 0 amide bonds. The van der Waals surface area contributed by atoms with Crippen molar-refractivity contribution in [2.75, 3.05) is 19.8 Å². The molecule has 0 aromatic heterocycles. The zero-order valence-electron chi connectivity index (χ0n) is 12.3. The highest BCUT2D eigenvalue weighted by atomic mass is 16.5. The van der Waals surface area contributed by atoms with Gasteiger partial charge in [0.2, 0.25) is 0 Å². The number of hydrogen-bond donors (Lipinski definition) is 1. The molecule has 1 spiro atoms. The Morgan fingerprint density at radius 1 is 1.17 bits per heavy atom. The predicted octanol–water partition coefficient (Wildman–Crippen LogP) is 3.75. The molecular formula is C16H31NO. The van der Waals surface area contributed by atoms with Crippen molar-refractivity contribution < 1.29 is 4.74 Å². The molecule has 0 bridgehead atoms. The third-order valence-electron chi connectivity index (χ3n) is 4.83. The van der Waals surface area contributed by atoms with E-state index in [1.165, 1.54) is 51.4 Å². The molecule has 0 aromatic rings. The lowest BCUT2D eigenvalue weighted by atomic mass is 9.57. The molecule has 2 saturated carbocycles. The fourth-order valence-electron chi connectivity index (χ4n) is 3.64. The van der Waals surface area contributed by atoms with Crippen LogP contribution in [0.4, 0.5) is 0 Å². The van der Waals surface area contributed by atoms with Gasteiger partial charge in [0.25, 0.3) is 0 Å². The van der Waals surface area contributed by atoms with Crippen molar-refractivity contribution in [3.63, 3.8) is 0 Å². The maximum absolute atomic E-state index is 5.63. The normalized spacial score (nSPS) is 26.5. The highest BCUT2D eigenvalue weighted by molar-refractivity contribution is 5.01. The van der Waals surface area contributed by atoms with Gasteiger partial charge < -0.3 is 10.1 Å². The smallest absolute Gasteiger partial charge is 0.0489 e. The molecule has 0 aromatic carbocycles. The molecule has 0 heterocycles. The summed E-state index contributed by atoms with van der Waals surface area (Å²) in [6, 6.07) is 0.822. The van der Waals surface area contributed by atoms with Gasteiger partial charge in [0.1, 0.15) is 0 Å². The Morgan fingerprint density at radius 2 is 1.94 bits per heavy atom. The van der Waals surface area contributed by atoms with E-state index in [0.717, 1.165) is 25.8 Å². The van der Waals surface area contributed by atoms with Crippen LogP contribution >= 0.6 is 0 Å².